The summed E-state index contributed by atoms with van der Waals surface area (Å²) in [6.45, 7) is 2.23. The molecule has 0 unspecified atom stereocenters. The van der Waals surface area contributed by atoms with Crippen molar-refractivity contribution in [1.29, 1.82) is 5.41 Å². The largest absolute Gasteiger partial charge is 0.264 e. The molecule has 0 aromatic heterocycles. The van der Waals surface area contributed by atoms with E-state index in [1.807, 2.05) is 0 Å². The molecular weight excluding hydrogens is 188 g/mol. The third-order valence-electron chi connectivity index (χ3n) is 2.50. The molecule has 0 saturated carbocycles. The first kappa shape index (κ1) is 12.0. The van der Waals surface area contributed by atoms with E-state index in [4.69, 9.17) is 5.41 Å². The van der Waals surface area contributed by atoms with Crippen molar-refractivity contribution in [3.8, 4) is 0 Å². The van der Waals surface area contributed by atoms with Crippen LogP contribution in [-0.4, -0.2) is 11.8 Å². The normalized spacial score (nSPS) is 14.7. The summed E-state index contributed by atoms with van der Waals surface area (Å²) in [6.07, 6.45) is 9.92. The zero-order chi connectivity index (χ0) is 10.9. The molecule has 1 heterocycles. The number of nitrogens with zero attached hydrogens (tertiary/aromatic N) is 3. The van der Waals surface area contributed by atoms with E-state index < -0.39 is 0 Å². The smallest absolute Gasteiger partial charge is 0.263 e. The molecule has 0 fully saturated rings. The van der Waals surface area contributed by atoms with Gasteiger partial charge in [0.1, 0.15) is 0 Å². The highest BCUT2D eigenvalue weighted by Crippen LogP contribution is 2.10. The Bertz CT molecular complexity index is 255. The van der Waals surface area contributed by atoms with Crippen molar-refractivity contribution < 1.29 is 0 Å². The summed E-state index contributed by atoms with van der Waals surface area (Å²) in [5, 5.41) is 14.5. The molecule has 1 rings (SSSR count). The van der Waals surface area contributed by atoms with Crippen molar-refractivity contribution in [3.05, 3.63) is 0 Å². The highest BCUT2D eigenvalue weighted by Gasteiger charge is 2.05. The first-order valence-corrected chi connectivity index (χ1v) is 5.91. The monoisotopic (exact) mass is 208 g/mol. The van der Waals surface area contributed by atoms with Crippen LogP contribution in [0.4, 0.5) is 0 Å². The molecule has 4 nitrogen and oxygen atoms in total. The number of hydrogen-bond donors (Lipinski definition) is 1. The minimum atomic E-state index is 0.0490. The summed E-state index contributed by atoms with van der Waals surface area (Å²) in [7, 11) is 0. The molecule has 84 valence electrons. The summed E-state index contributed by atoms with van der Waals surface area (Å²) < 4.78 is 0. The van der Waals surface area contributed by atoms with Crippen molar-refractivity contribution in [1.82, 2.24) is 0 Å². The molecule has 0 bridgehead atoms. The molecule has 0 amide bonds. The maximum absolute atomic E-state index is 7.12. The molecule has 0 radical (unpaired) electrons. The van der Waals surface area contributed by atoms with Crippen molar-refractivity contribution in [3.63, 3.8) is 0 Å². The van der Waals surface area contributed by atoms with Crippen LogP contribution in [0.25, 0.3) is 0 Å². The molecule has 0 aromatic carbocycles. The zero-order valence-corrected chi connectivity index (χ0v) is 9.50. The van der Waals surface area contributed by atoms with E-state index in [1.54, 1.807) is 0 Å². The lowest BCUT2D eigenvalue weighted by atomic mass is 10.1. The number of aliphatic imine (C=N–C) groups is 1. The number of guanidine groups is 1. The van der Waals surface area contributed by atoms with E-state index in [9.17, 15) is 0 Å². The van der Waals surface area contributed by atoms with Crippen molar-refractivity contribution in [2.24, 2.45) is 15.2 Å². The van der Waals surface area contributed by atoms with Crippen LogP contribution in [0.5, 0.6) is 0 Å². The molecule has 1 aliphatic rings. The van der Waals surface area contributed by atoms with Gasteiger partial charge in [-0.15, -0.1) is 10.2 Å². The number of amidine groups is 1. The lowest BCUT2D eigenvalue weighted by Gasteiger charge is -1.99. The standard InChI is InChI=1S/C11H20N4/c1-2-3-4-5-6-7-8-9-10-13-11(12)15-14-10/h12H,2-9H2,1H3. The first-order valence-electron chi connectivity index (χ1n) is 5.91. The maximum atomic E-state index is 7.12. The first-order chi connectivity index (χ1) is 7.33. The van der Waals surface area contributed by atoms with Crippen LogP contribution in [0.2, 0.25) is 0 Å². The van der Waals surface area contributed by atoms with Crippen LogP contribution in [0.1, 0.15) is 58.3 Å². The van der Waals surface area contributed by atoms with Crippen molar-refractivity contribution >= 4 is 11.8 Å². The third kappa shape index (κ3) is 5.40. The molecule has 0 aliphatic carbocycles. The van der Waals surface area contributed by atoms with E-state index >= 15 is 0 Å². The van der Waals surface area contributed by atoms with Gasteiger partial charge in [-0.3, -0.25) is 5.41 Å². The molecule has 15 heavy (non-hydrogen) atoms. The van der Waals surface area contributed by atoms with Gasteiger partial charge in [0.2, 0.25) is 0 Å². The quantitative estimate of drug-likeness (QED) is 0.587. The predicted octanol–water partition coefficient (Wildman–Crippen LogP) is 3.93. The van der Waals surface area contributed by atoms with E-state index in [0.29, 0.717) is 0 Å². The van der Waals surface area contributed by atoms with Crippen LogP contribution in [0.3, 0.4) is 0 Å². The Labute approximate surface area is 91.4 Å². The van der Waals surface area contributed by atoms with E-state index in [1.165, 1.54) is 38.5 Å². The van der Waals surface area contributed by atoms with E-state index in [2.05, 4.69) is 22.1 Å². The summed E-state index contributed by atoms with van der Waals surface area (Å²) >= 11 is 0. The maximum Gasteiger partial charge on any atom is 0.263 e. The van der Waals surface area contributed by atoms with Crippen LogP contribution in [0, 0.1) is 5.41 Å². The molecular formula is C11H20N4. The van der Waals surface area contributed by atoms with Crippen LogP contribution >= 0.6 is 0 Å². The summed E-state index contributed by atoms with van der Waals surface area (Å²) in [4.78, 5) is 3.90. The third-order valence-corrected chi connectivity index (χ3v) is 2.50. The Kier molecular flexibility index (Phi) is 5.81. The summed E-state index contributed by atoms with van der Waals surface area (Å²) in [6, 6.07) is 0. The second-order valence-corrected chi connectivity index (χ2v) is 3.92. The van der Waals surface area contributed by atoms with Crippen LogP contribution in [-0.2, 0) is 0 Å². The Morgan fingerprint density at radius 3 is 2.20 bits per heavy atom. The number of unbranched alkanes of at least 4 members (excludes halogenated alkanes) is 6. The average molecular weight is 208 g/mol. The van der Waals surface area contributed by atoms with Crippen molar-refractivity contribution in [2.45, 2.75) is 58.3 Å². The topological polar surface area (TPSA) is 60.9 Å². The second-order valence-electron chi connectivity index (χ2n) is 3.92. The highest BCUT2D eigenvalue weighted by atomic mass is 15.3. The van der Waals surface area contributed by atoms with Crippen LogP contribution < -0.4 is 0 Å². The van der Waals surface area contributed by atoms with Gasteiger partial charge in [-0.25, -0.2) is 0 Å². The minimum Gasteiger partial charge on any atom is -0.264 e. The van der Waals surface area contributed by atoms with Crippen LogP contribution in [0.15, 0.2) is 15.2 Å². The van der Waals surface area contributed by atoms with Gasteiger partial charge >= 0.3 is 0 Å². The highest BCUT2D eigenvalue weighted by molar-refractivity contribution is 5.99. The number of hydrogen-bond acceptors (Lipinski definition) is 2. The fourth-order valence-corrected chi connectivity index (χ4v) is 1.62. The summed E-state index contributed by atoms with van der Waals surface area (Å²) in [5.74, 6) is 0.779. The van der Waals surface area contributed by atoms with E-state index in [-0.39, 0.29) is 5.96 Å². The van der Waals surface area contributed by atoms with Crippen molar-refractivity contribution in [2.75, 3.05) is 0 Å². The fraction of sp³-hybridized carbons (Fsp3) is 0.818. The Balaban J connectivity index is 1.91. The predicted molar refractivity (Wildman–Crippen MR) is 62.6 cm³/mol. The second kappa shape index (κ2) is 7.26. The fourth-order valence-electron chi connectivity index (χ4n) is 1.62. The minimum absolute atomic E-state index is 0.0490. The van der Waals surface area contributed by atoms with Gasteiger partial charge < -0.3 is 0 Å². The molecule has 0 atom stereocenters. The Hall–Kier alpha value is -1.06. The molecule has 4 heteroatoms. The number of rotatable bonds is 8. The lowest BCUT2D eigenvalue weighted by molar-refractivity contribution is 0.595. The Morgan fingerprint density at radius 1 is 0.933 bits per heavy atom. The van der Waals surface area contributed by atoms with Gasteiger partial charge in [-0.05, 0) is 6.42 Å². The van der Waals surface area contributed by atoms with Gasteiger partial charge in [0.15, 0.2) is 5.84 Å². The lowest BCUT2D eigenvalue weighted by Crippen LogP contribution is -1.91. The van der Waals surface area contributed by atoms with Gasteiger partial charge in [-0.2, -0.15) is 4.99 Å². The van der Waals surface area contributed by atoms with Gasteiger partial charge in [0.25, 0.3) is 5.96 Å². The SMILES string of the molecule is CCCCCCCCCC1=NC(=N)N=N1. The van der Waals surface area contributed by atoms with Gasteiger partial charge in [0, 0.05) is 6.42 Å². The zero-order valence-electron chi connectivity index (χ0n) is 9.50. The van der Waals surface area contributed by atoms with E-state index in [0.717, 1.165) is 18.7 Å². The average Bonchev–Trinajstić information content (AvgIpc) is 2.63. The molecule has 0 aromatic rings. The summed E-state index contributed by atoms with van der Waals surface area (Å²) in [5.41, 5.74) is 0. The molecule has 0 spiro atoms. The number of azo groups is 1. The Morgan fingerprint density at radius 2 is 1.60 bits per heavy atom. The molecule has 1 aliphatic heterocycles. The van der Waals surface area contributed by atoms with Gasteiger partial charge in [-0.1, -0.05) is 45.4 Å². The molecule has 0 saturated heterocycles. The van der Waals surface area contributed by atoms with Gasteiger partial charge in [0.05, 0.1) is 0 Å². The number of nitrogens with one attached hydrogen (secondary N) is 1. The molecule has 1 N–H and O–H groups in total.